The molecule has 0 atom stereocenters. The normalized spacial score (nSPS) is 11.6. The number of ether oxygens (including phenoxy) is 1. The number of pyridine rings is 1. The van der Waals surface area contributed by atoms with Crippen molar-refractivity contribution in [2.75, 3.05) is 5.32 Å². The van der Waals surface area contributed by atoms with Gasteiger partial charge in [-0.3, -0.25) is 0 Å². The number of hydrogen-bond donors (Lipinski definition) is 1. The molecule has 1 aromatic carbocycles. The van der Waals surface area contributed by atoms with Crippen LogP contribution in [0.4, 0.5) is 18.9 Å². The van der Waals surface area contributed by atoms with E-state index < -0.39 is 11.9 Å². The average molecular weight is 423 g/mol. The topological polar surface area (TPSA) is 59.9 Å². The van der Waals surface area contributed by atoms with E-state index in [0.29, 0.717) is 11.4 Å². The molecule has 9 heteroatoms. The van der Waals surface area contributed by atoms with Gasteiger partial charge < -0.3 is 10.1 Å². The van der Waals surface area contributed by atoms with Crippen molar-refractivity contribution < 1.29 is 17.9 Å². The highest BCUT2D eigenvalue weighted by atomic mass is 35.5. The van der Waals surface area contributed by atoms with E-state index in [2.05, 4.69) is 20.3 Å². The van der Waals surface area contributed by atoms with Gasteiger partial charge in [-0.15, -0.1) is 0 Å². The van der Waals surface area contributed by atoms with E-state index in [-0.39, 0.29) is 23.5 Å². The van der Waals surface area contributed by atoms with Crippen molar-refractivity contribution in [1.29, 1.82) is 0 Å². The van der Waals surface area contributed by atoms with Crippen LogP contribution in [0.25, 0.3) is 11.4 Å². The lowest BCUT2D eigenvalue weighted by molar-refractivity contribution is -0.141. The summed E-state index contributed by atoms with van der Waals surface area (Å²) >= 11 is 5.68. The van der Waals surface area contributed by atoms with Crippen LogP contribution in [0.5, 0.6) is 5.75 Å². The summed E-state index contributed by atoms with van der Waals surface area (Å²) in [5.41, 5.74) is 0.692. The standard InChI is InChI=1S/C20H18ClF3N4O/c1-12(2)29-16-5-3-14(4-6-16)19-26-10-13(11-27-19)9-25-15-7-17(20(22,23)24)28-18(21)8-15/h3-8,10-12H,9H2,1-2H3,(H,25,28). The van der Waals surface area contributed by atoms with Crippen LogP contribution in [-0.4, -0.2) is 21.1 Å². The Morgan fingerprint density at radius 3 is 2.31 bits per heavy atom. The number of aromatic nitrogens is 3. The number of halogens is 4. The van der Waals surface area contributed by atoms with E-state index in [1.54, 1.807) is 12.4 Å². The monoisotopic (exact) mass is 422 g/mol. The van der Waals surface area contributed by atoms with Gasteiger partial charge in [0.15, 0.2) is 5.82 Å². The van der Waals surface area contributed by atoms with E-state index in [4.69, 9.17) is 16.3 Å². The molecule has 3 aromatic rings. The van der Waals surface area contributed by atoms with E-state index in [0.717, 1.165) is 17.4 Å². The quantitative estimate of drug-likeness (QED) is 0.523. The summed E-state index contributed by atoms with van der Waals surface area (Å²) in [4.78, 5) is 11.9. The lowest BCUT2D eigenvalue weighted by Gasteiger charge is -2.11. The Kier molecular flexibility index (Phi) is 6.22. The molecule has 152 valence electrons. The van der Waals surface area contributed by atoms with Crippen molar-refractivity contribution in [3.8, 4) is 17.1 Å². The van der Waals surface area contributed by atoms with Gasteiger partial charge in [0.2, 0.25) is 0 Å². The fourth-order valence-electron chi connectivity index (χ4n) is 2.50. The number of nitrogens with one attached hydrogen (secondary N) is 1. The third kappa shape index (κ3) is 5.80. The Hall–Kier alpha value is -2.87. The van der Waals surface area contributed by atoms with Gasteiger partial charge in [-0.25, -0.2) is 15.0 Å². The van der Waals surface area contributed by atoms with Crippen molar-refractivity contribution in [3.63, 3.8) is 0 Å². The second kappa shape index (κ2) is 8.65. The van der Waals surface area contributed by atoms with Crippen molar-refractivity contribution in [2.24, 2.45) is 0 Å². The van der Waals surface area contributed by atoms with Crippen LogP contribution in [0.1, 0.15) is 25.1 Å². The summed E-state index contributed by atoms with van der Waals surface area (Å²) in [6.07, 6.45) is -1.25. The highest BCUT2D eigenvalue weighted by molar-refractivity contribution is 6.29. The molecule has 0 unspecified atom stereocenters. The smallest absolute Gasteiger partial charge is 0.433 e. The molecular formula is C20H18ClF3N4O. The minimum absolute atomic E-state index is 0.0892. The summed E-state index contributed by atoms with van der Waals surface area (Å²) in [6, 6.07) is 9.65. The number of rotatable bonds is 6. The summed E-state index contributed by atoms with van der Waals surface area (Å²) in [5.74, 6) is 1.30. The van der Waals surface area contributed by atoms with Crippen molar-refractivity contribution in [1.82, 2.24) is 15.0 Å². The van der Waals surface area contributed by atoms with E-state index >= 15 is 0 Å². The zero-order valence-electron chi connectivity index (χ0n) is 15.7. The molecule has 0 bridgehead atoms. The Morgan fingerprint density at radius 2 is 1.72 bits per heavy atom. The molecule has 3 rings (SSSR count). The molecule has 0 saturated heterocycles. The van der Waals surface area contributed by atoms with Gasteiger partial charge in [0, 0.05) is 35.8 Å². The predicted octanol–water partition coefficient (Wildman–Crippen LogP) is 5.61. The summed E-state index contributed by atoms with van der Waals surface area (Å²) < 4.78 is 44.1. The lowest BCUT2D eigenvalue weighted by atomic mass is 10.2. The van der Waals surface area contributed by atoms with Gasteiger partial charge in [-0.05, 0) is 50.2 Å². The minimum Gasteiger partial charge on any atom is -0.491 e. The van der Waals surface area contributed by atoms with Crippen LogP contribution in [-0.2, 0) is 12.7 Å². The van der Waals surface area contributed by atoms with Gasteiger partial charge in [0.25, 0.3) is 0 Å². The zero-order chi connectivity index (χ0) is 21.0. The van der Waals surface area contributed by atoms with Crippen LogP contribution in [0.15, 0.2) is 48.8 Å². The molecule has 0 radical (unpaired) electrons. The summed E-state index contributed by atoms with van der Waals surface area (Å²) in [7, 11) is 0. The maximum atomic E-state index is 12.8. The Balaban J connectivity index is 1.66. The van der Waals surface area contributed by atoms with Crippen LogP contribution in [0.3, 0.4) is 0 Å². The maximum Gasteiger partial charge on any atom is 0.433 e. The molecule has 2 aromatic heterocycles. The van der Waals surface area contributed by atoms with Crippen molar-refractivity contribution >= 4 is 17.3 Å². The maximum absolute atomic E-state index is 12.8. The molecule has 0 aliphatic heterocycles. The van der Waals surface area contributed by atoms with E-state index in [1.807, 2.05) is 38.1 Å². The molecule has 0 saturated carbocycles. The van der Waals surface area contributed by atoms with E-state index in [1.165, 1.54) is 6.07 Å². The zero-order valence-corrected chi connectivity index (χ0v) is 16.4. The van der Waals surface area contributed by atoms with Gasteiger partial charge in [0.1, 0.15) is 16.6 Å². The number of anilines is 1. The third-order valence-electron chi connectivity index (χ3n) is 3.77. The molecule has 2 heterocycles. The third-order valence-corrected chi connectivity index (χ3v) is 3.96. The van der Waals surface area contributed by atoms with Gasteiger partial charge in [-0.2, -0.15) is 13.2 Å². The first-order valence-corrected chi connectivity index (χ1v) is 9.15. The lowest BCUT2D eigenvalue weighted by Crippen LogP contribution is -2.09. The Morgan fingerprint density at radius 1 is 1.07 bits per heavy atom. The van der Waals surface area contributed by atoms with Crippen molar-refractivity contribution in [2.45, 2.75) is 32.7 Å². The molecule has 5 nitrogen and oxygen atoms in total. The first-order valence-electron chi connectivity index (χ1n) is 8.77. The summed E-state index contributed by atoms with van der Waals surface area (Å²) in [5, 5.41) is 2.64. The molecule has 0 fully saturated rings. The fourth-order valence-corrected chi connectivity index (χ4v) is 2.71. The largest absolute Gasteiger partial charge is 0.491 e. The molecular weight excluding hydrogens is 405 g/mol. The SMILES string of the molecule is CC(C)Oc1ccc(-c2ncc(CNc3cc(Cl)nc(C(F)(F)F)c3)cn2)cc1. The number of benzene rings is 1. The molecule has 0 aliphatic carbocycles. The molecule has 0 aliphatic rings. The molecule has 29 heavy (non-hydrogen) atoms. The predicted molar refractivity (Wildman–Crippen MR) is 105 cm³/mol. The highest BCUT2D eigenvalue weighted by Gasteiger charge is 2.33. The molecule has 1 N–H and O–H groups in total. The summed E-state index contributed by atoms with van der Waals surface area (Å²) in [6.45, 7) is 4.14. The second-order valence-electron chi connectivity index (χ2n) is 6.52. The van der Waals surface area contributed by atoms with Crippen LogP contribution >= 0.6 is 11.6 Å². The Bertz CT molecular complexity index is 961. The van der Waals surface area contributed by atoms with Crippen LogP contribution in [0.2, 0.25) is 5.15 Å². The van der Waals surface area contributed by atoms with Crippen LogP contribution < -0.4 is 10.1 Å². The molecule has 0 spiro atoms. The second-order valence-corrected chi connectivity index (χ2v) is 6.91. The molecule has 0 amide bonds. The van der Waals surface area contributed by atoms with Crippen LogP contribution in [0, 0.1) is 0 Å². The highest BCUT2D eigenvalue weighted by Crippen LogP contribution is 2.31. The minimum atomic E-state index is -4.57. The average Bonchev–Trinajstić information content (AvgIpc) is 2.66. The van der Waals surface area contributed by atoms with Crippen molar-refractivity contribution in [3.05, 3.63) is 65.2 Å². The number of nitrogens with zero attached hydrogens (tertiary/aromatic N) is 3. The fraction of sp³-hybridized carbons (Fsp3) is 0.250. The van der Waals surface area contributed by atoms with Gasteiger partial charge >= 0.3 is 6.18 Å². The first kappa shape index (κ1) is 20.9. The number of hydrogen-bond acceptors (Lipinski definition) is 5. The van der Waals surface area contributed by atoms with E-state index in [9.17, 15) is 13.2 Å². The van der Waals surface area contributed by atoms with Gasteiger partial charge in [0.05, 0.1) is 6.10 Å². The number of alkyl halides is 3. The van der Waals surface area contributed by atoms with Gasteiger partial charge in [-0.1, -0.05) is 11.6 Å². The Labute approximate surface area is 170 Å². The first-order chi connectivity index (χ1) is 13.7.